The second-order valence-corrected chi connectivity index (χ2v) is 5.18. The number of carbonyl (C=O) groups excluding carboxylic acids is 1. The lowest BCUT2D eigenvalue weighted by molar-refractivity contribution is -0.137. The van der Waals surface area contributed by atoms with Gasteiger partial charge in [0.15, 0.2) is 0 Å². The lowest BCUT2D eigenvalue weighted by Gasteiger charge is -2.11. The zero-order valence-corrected chi connectivity index (χ0v) is 12.4. The Morgan fingerprint density at radius 3 is 2.59 bits per heavy atom. The highest BCUT2D eigenvalue weighted by molar-refractivity contribution is 5.76. The number of aliphatic hydroxyl groups excluding tert-OH is 1. The molecule has 1 amide bonds. The number of hydrogen-bond donors (Lipinski definition) is 3. The largest absolute Gasteiger partial charge is 0.481 e. The Morgan fingerprint density at radius 1 is 1.18 bits per heavy atom. The predicted molar refractivity (Wildman–Crippen MR) is 79.7 cm³/mol. The predicted octanol–water partition coefficient (Wildman–Crippen LogP) is 2.40. The standard InChI is InChI=1S/C16H22FNO4/c17-13-7-5-6-12(10-13)14(19)11-15(20)18-9-4-2-1-3-8-16(21)22/h5-7,10,14,19H,1-4,8-9,11H2,(H,18,20)(H,21,22). The van der Waals surface area contributed by atoms with Gasteiger partial charge in [0.1, 0.15) is 5.82 Å². The first kappa shape index (κ1) is 18.1. The van der Waals surface area contributed by atoms with E-state index in [4.69, 9.17) is 5.11 Å². The van der Waals surface area contributed by atoms with Crippen LogP contribution in [0.15, 0.2) is 24.3 Å². The van der Waals surface area contributed by atoms with Crippen molar-refractivity contribution in [1.82, 2.24) is 5.32 Å². The van der Waals surface area contributed by atoms with Crippen LogP contribution in [-0.4, -0.2) is 28.6 Å². The summed E-state index contributed by atoms with van der Waals surface area (Å²) in [5.74, 6) is -1.53. The molecule has 0 aliphatic heterocycles. The molecule has 1 atom stereocenters. The molecule has 0 heterocycles. The fourth-order valence-electron chi connectivity index (χ4n) is 2.06. The van der Waals surface area contributed by atoms with Gasteiger partial charge in [-0.05, 0) is 30.5 Å². The summed E-state index contributed by atoms with van der Waals surface area (Å²) in [5.41, 5.74) is 0.379. The molecule has 22 heavy (non-hydrogen) atoms. The first-order valence-electron chi connectivity index (χ1n) is 7.41. The number of halogens is 1. The molecule has 5 nitrogen and oxygen atoms in total. The number of nitrogens with one attached hydrogen (secondary N) is 1. The Kier molecular flexibility index (Phi) is 8.14. The van der Waals surface area contributed by atoms with Crippen molar-refractivity contribution in [2.45, 2.75) is 44.6 Å². The van der Waals surface area contributed by atoms with E-state index in [0.29, 0.717) is 18.5 Å². The van der Waals surface area contributed by atoms with E-state index in [1.54, 1.807) is 6.07 Å². The van der Waals surface area contributed by atoms with E-state index in [-0.39, 0.29) is 18.7 Å². The molecule has 1 rings (SSSR count). The van der Waals surface area contributed by atoms with Crippen LogP contribution in [0.2, 0.25) is 0 Å². The van der Waals surface area contributed by atoms with Crippen LogP contribution in [-0.2, 0) is 9.59 Å². The van der Waals surface area contributed by atoms with Gasteiger partial charge in [0.05, 0.1) is 12.5 Å². The molecule has 0 spiro atoms. The lowest BCUT2D eigenvalue weighted by atomic mass is 10.1. The summed E-state index contributed by atoms with van der Waals surface area (Å²) in [7, 11) is 0. The monoisotopic (exact) mass is 311 g/mol. The van der Waals surface area contributed by atoms with Gasteiger partial charge in [0, 0.05) is 13.0 Å². The van der Waals surface area contributed by atoms with Crippen LogP contribution < -0.4 is 5.32 Å². The molecule has 1 unspecified atom stereocenters. The summed E-state index contributed by atoms with van der Waals surface area (Å²) >= 11 is 0. The van der Waals surface area contributed by atoms with Crippen molar-refractivity contribution in [2.24, 2.45) is 0 Å². The Hall–Kier alpha value is -1.95. The lowest BCUT2D eigenvalue weighted by Crippen LogP contribution is -2.26. The Balaban J connectivity index is 2.14. The zero-order valence-electron chi connectivity index (χ0n) is 12.4. The third-order valence-corrected chi connectivity index (χ3v) is 3.25. The van der Waals surface area contributed by atoms with Crippen molar-refractivity contribution in [3.63, 3.8) is 0 Å². The molecule has 3 N–H and O–H groups in total. The quantitative estimate of drug-likeness (QED) is 0.579. The number of amides is 1. The summed E-state index contributed by atoms with van der Waals surface area (Å²) in [6.07, 6.45) is 2.11. The minimum Gasteiger partial charge on any atom is -0.481 e. The third-order valence-electron chi connectivity index (χ3n) is 3.25. The van der Waals surface area contributed by atoms with Crippen molar-refractivity contribution < 1.29 is 24.2 Å². The number of carboxylic acids is 1. The van der Waals surface area contributed by atoms with Gasteiger partial charge in [-0.15, -0.1) is 0 Å². The average Bonchev–Trinajstić information content (AvgIpc) is 2.45. The normalized spacial score (nSPS) is 11.9. The molecule has 0 bridgehead atoms. The van der Waals surface area contributed by atoms with Crippen molar-refractivity contribution in [1.29, 1.82) is 0 Å². The summed E-state index contributed by atoms with van der Waals surface area (Å²) in [4.78, 5) is 22.0. The third kappa shape index (κ3) is 7.73. The molecule has 0 aliphatic carbocycles. The molecule has 0 aliphatic rings. The number of aliphatic carboxylic acids is 1. The molecule has 0 aromatic heterocycles. The average molecular weight is 311 g/mol. The van der Waals surface area contributed by atoms with E-state index in [0.717, 1.165) is 19.3 Å². The summed E-state index contributed by atoms with van der Waals surface area (Å²) < 4.78 is 13.0. The number of unbranched alkanes of at least 4 members (excludes halogenated alkanes) is 3. The number of rotatable bonds is 10. The van der Waals surface area contributed by atoms with E-state index in [1.807, 2.05) is 0 Å². The van der Waals surface area contributed by atoms with Crippen molar-refractivity contribution in [3.8, 4) is 0 Å². The highest BCUT2D eigenvalue weighted by atomic mass is 19.1. The Morgan fingerprint density at radius 2 is 1.91 bits per heavy atom. The maximum Gasteiger partial charge on any atom is 0.303 e. The van der Waals surface area contributed by atoms with E-state index in [1.165, 1.54) is 18.2 Å². The number of hydrogen-bond acceptors (Lipinski definition) is 3. The molecular weight excluding hydrogens is 289 g/mol. The van der Waals surface area contributed by atoms with Gasteiger partial charge in [-0.25, -0.2) is 4.39 Å². The molecule has 0 saturated heterocycles. The van der Waals surface area contributed by atoms with Crippen LogP contribution in [0.1, 0.15) is 50.2 Å². The molecule has 1 aromatic rings. The van der Waals surface area contributed by atoms with E-state index in [2.05, 4.69) is 5.32 Å². The van der Waals surface area contributed by atoms with Gasteiger partial charge in [-0.2, -0.15) is 0 Å². The van der Waals surface area contributed by atoms with Crippen LogP contribution in [0.25, 0.3) is 0 Å². The van der Waals surface area contributed by atoms with Crippen molar-refractivity contribution >= 4 is 11.9 Å². The van der Waals surface area contributed by atoms with Crippen molar-refractivity contribution in [2.75, 3.05) is 6.54 Å². The van der Waals surface area contributed by atoms with Crippen LogP contribution in [0.5, 0.6) is 0 Å². The molecule has 0 radical (unpaired) electrons. The molecule has 0 saturated carbocycles. The van der Waals surface area contributed by atoms with Gasteiger partial charge >= 0.3 is 5.97 Å². The first-order chi connectivity index (χ1) is 10.5. The minimum absolute atomic E-state index is 0.109. The maximum atomic E-state index is 13.0. The van der Waals surface area contributed by atoms with Gasteiger partial charge < -0.3 is 15.5 Å². The highest BCUT2D eigenvalue weighted by Crippen LogP contribution is 2.17. The molecule has 0 fully saturated rings. The Bertz CT molecular complexity index is 493. The number of benzene rings is 1. The number of carbonyl (C=O) groups is 2. The maximum absolute atomic E-state index is 13.0. The minimum atomic E-state index is -1.02. The van der Waals surface area contributed by atoms with Gasteiger partial charge in [0.2, 0.25) is 5.91 Å². The van der Waals surface area contributed by atoms with Crippen LogP contribution in [0.3, 0.4) is 0 Å². The van der Waals surface area contributed by atoms with Crippen LogP contribution in [0.4, 0.5) is 4.39 Å². The molecular formula is C16H22FNO4. The summed E-state index contributed by atoms with van der Waals surface area (Å²) in [6, 6.07) is 5.55. The molecule has 6 heteroatoms. The first-order valence-corrected chi connectivity index (χ1v) is 7.41. The summed E-state index contributed by atoms with van der Waals surface area (Å²) in [6.45, 7) is 0.488. The van der Waals surface area contributed by atoms with Crippen LogP contribution >= 0.6 is 0 Å². The van der Waals surface area contributed by atoms with Gasteiger partial charge in [-0.1, -0.05) is 25.0 Å². The second-order valence-electron chi connectivity index (χ2n) is 5.18. The zero-order chi connectivity index (χ0) is 16.4. The topological polar surface area (TPSA) is 86.6 Å². The fraction of sp³-hybridized carbons (Fsp3) is 0.500. The van der Waals surface area contributed by atoms with Gasteiger partial charge in [0.25, 0.3) is 0 Å². The Labute approximate surface area is 129 Å². The van der Waals surface area contributed by atoms with E-state index in [9.17, 15) is 19.1 Å². The van der Waals surface area contributed by atoms with E-state index >= 15 is 0 Å². The molecule has 1 aromatic carbocycles. The van der Waals surface area contributed by atoms with E-state index < -0.39 is 17.9 Å². The van der Waals surface area contributed by atoms with Crippen LogP contribution in [0, 0.1) is 5.82 Å². The van der Waals surface area contributed by atoms with Gasteiger partial charge in [-0.3, -0.25) is 9.59 Å². The molecule has 122 valence electrons. The number of carboxylic acid groups (broad SMARTS) is 1. The summed E-state index contributed by atoms with van der Waals surface area (Å²) in [5, 5.41) is 21.0. The SMILES string of the molecule is O=C(O)CCCCCCNC(=O)CC(O)c1cccc(F)c1. The number of aliphatic hydroxyl groups is 1. The highest BCUT2D eigenvalue weighted by Gasteiger charge is 2.13. The smallest absolute Gasteiger partial charge is 0.303 e. The second kappa shape index (κ2) is 9.89. The van der Waals surface area contributed by atoms with Crippen molar-refractivity contribution in [3.05, 3.63) is 35.6 Å². The fourth-order valence-corrected chi connectivity index (χ4v) is 2.06.